The lowest BCUT2D eigenvalue weighted by Crippen LogP contribution is -2.62. The summed E-state index contributed by atoms with van der Waals surface area (Å²) in [6.07, 6.45) is 9.85. The molecule has 9 rings (SSSR count). The predicted molar refractivity (Wildman–Crippen MR) is 313 cm³/mol. The van der Waals surface area contributed by atoms with Crippen LogP contribution in [0, 0.1) is 11.3 Å². The number of carbonyl (C=O) groups is 7. The smallest absolute Gasteiger partial charge is 0.259 e. The van der Waals surface area contributed by atoms with Crippen LogP contribution >= 0.6 is 0 Å². The van der Waals surface area contributed by atoms with E-state index in [4.69, 9.17) is 9.73 Å². The maximum absolute atomic E-state index is 14.8. The molecule has 1 saturated carbocycles. The monoisotopic (exact) mass is 1120 g/mol. The number of ketones is 1. The van der Waals surface area contributed by atoms with Gasteiger partial charge in [-0.2, -0.15) is 0 Å². The highest BCUT2D eigenvalue weighted by Gasteiger charge is 2.46. The van der Waals surface area contributed by atoms with Crippen molar-refractivity contribution in [3.63, 3.8) is 0 Å². The number of hydrogen-bond acceptors (Lipinski definition) is 15. The van der Waals surface area contributed by atoms with Gasteiger partial charge in [-0.15, -0.1) is 0 Å². The van der Waals surface area contributed by atoms with Crippen LogP contribution in [0.15, 0.2) is 81.9 Å². The number of aromatic nitrogens is 1. The molecule has 2 unspecified atom stereocenters. The van der Waals surface area contributed by atoms with Crippen LogP contribution in [0.25, 0.3) is 0 Å². The van der Waals surface area contributed by atoms with Gasteiger partial charge in [0.05, 0.1) is 42.0 Å². The molecule has 438 valence electrons. The number of anilines is 2. The van der Waals surface area contributed by atoms with Gasteiger partial charge in [0.1, 0.15) is 29.8 Å². The topological polar surface area (TPSA) is 243 Å². The van der Waals surface area contributed by atoms with E-state index in [0.29, 0.717) is 62.4 Å². The van der Waals surface area contributed by atoms with E-state index >= 15 is 0 Å². The van der Waals surface area contributed by atoms with Gasteiger partial charge in [-0.05, 0) is 124 Å². The van der Waals surface area contributed by atoms with Crippen LogP contribution in [0.2, 0.25) is 0 Å². The van der Waals surface area contributed by atoms with Crippen molar-refractivity contribution in [2.24, 2.45) is 21.3 Å². The molecule has 2 fully saturated rings. The molecule has 0 bridgehead atoms. The Morgan fingerprint density at radius 1 is 0.915 bits per heavy atom. The van der Waals surface area contributed by atoms with Gasteiger partial charge in [0, 0.05) is 64.5 Å². The number of aliphatic imine (C=N–C) groups is 2. The Bertz CT molecular complexity index is 2990. The number of hydrogen-bond donors (Lipinski definition) is 5. The fourth-order valence-electron chi connectivity index (χ4n) is 12.2. The van der Waals surface area contributed by atoms with Gasteiger partial charge < -0.3 is 50.9 Å². The van der Waals surface area contributed by atoms with Crippen molar-refractivity contribution in [3.05, 3.63) is 94.2 Å². The van der Waals surface area contributed by atoms with E-state index in [1.165, 1.54) is 12.5 Å². The van der Waals surface area contributed by atoms with Crippen LogP contribution in [0.1, 0.15) is 108 Å². The third kappa shape index (κ3) is 13.5. The van der Waals surface area contributed by atoms with Crippen LogP contribution in [0.4, 0.5) is 11.5 Å². The summed E-state index contributed by atoms with van der Waals surface area (Å²) >= 11 is 0. The summed E-state index contributed by atoms with van der Waals surface area (Å²) in [5, 5.41) is 15.3. The molecule has 4 aliphatic heterocycles. The predicted octanol–water partition coefficient (Wildman–Crippen LogP) is 3.93. The first-order valence-corrected chi connectivity index (χ1v) is 29.1. The number of benzene rings is 2. The summed E-state index contributed by atoms with van der Waals surface area (Å²) < 4.78 is 5.98. The molecule has 1 saturated heterocycles. The largest absolute Gasteiger partial charge is 0.484 e. The fourth-order valence-corrected chi connectivity index (χ4v) is 12.2. The highest BCUT2D eigenvalue weighted by atomic mass is 16.5. The normalized spacial score (nSPS) is 21.7. The molecule has 6 amide bonds. The molecule has 5 heterocycles. The molecular weight excluding hydrogens is 1040 g/mol. The van der Waals surface area contributed by atoms with Gasteiger partial charge >= 0.3 is 0 Å². The number of rotatable bonds is 18. The third-order valence-electron chi connectivity index (χ3n) is 17.0. The van der Waals surface area contributed by atoms with Gasteiger partial charge in [0.15, 0.2) is 12.4 Å². The van der Waals surface area contributed by atoms with Crippen molar-refractivity contribution in [1.29, 1.82) is 0 Å². The number of aryl methyl sites for hydroxylation is 1. The summed E-state index contributed by atoms with van der Waals surface area (Å²) in [6, 6.07) is 15.0. The Morgan fingerprint density at radius 3 is 2.38 bits per heavy atom. The Morgan fingerprint density at radius 2 is 1.67 bits per heavy atom. The first kappa shape index (κ1) is 59.1. The molecule has 1 aromatic heterocycles. The average molecular weight is 1120 g/mol. The number of ether oxygens (including phenoxy) is 1. The number of amides is 6. The molecule has 82 heavy (non-hydrogen) atoms. The van der Waals surface area contributed by atoms with Crippen LogP contribution < -0.4 is 36.2 Å². The molecule has 6 atom stereocenters. The zero-order chi connectivity index (χ0) is 58.4. The van der Waals surface area contributed by atoms with Crippen LogP contribution in [-0.4, -0.2) is 175 Å². The third-order valence-corrected chi connectivity index (χ3v) is 17.0. The van der Waals surface area contributed by atoms with Gasteiger partial charge in [0.25, 0.3) is 11.8 Å². The maximum atomic E-state index is 14.8. The highest BCUT2D eigenvalue weighted by molar-refractivity contribution is 6.20. The van der Waals surface area contributed by atoms with Gasteiger partial charge in [-0.3, -0.25) is 38.5 Å². The van der Waals surface area contributed by atoms with Gasteiger partial charge in [-0.25, -0.2) is 15.0 Å². The van der Waals surface area contributed by atoms with Crippen molar-refractivity contribution in [1.82, 2.24) is 45.9 Å². The summed E-state index contributed by atoms with van der Waals surface area (Å²) in [4.78, 5) is 119. The van der Waals surface area contributed by atoms with Crippen molar-refractivity contribution in [2.75, 3.05) is 76.7 Å². The quantitative estimate of drug-likeness (QED) is 0.114. The number of likely N-dealkylation sites (N-methyl/N-ethyl adjacent to an activating group) is 2. The van der Waals surface area contributed by atoms with Crippen molar-refractivity contribution >= 4 is 64.9 Å². The zero-order valence-electron chi connectivity index (χ0n) is 48.8. The molecular formula is C61H81N13O8. The number of guanidine groups is 1. The lowest BCUT2D eigenvalue weighted by Gasteiger charge is -2.43. The molecule has 0 spiro atoms. The highest BCUT2D eigenvalue weighted by Crippen LogP contribution is 2.38. The number of pyridine rings is 1. The van der Waals surface area contributed by atoms with Gasteiger partial charge in [-0.1, -0.05) is 63.9 Å². The second kappa shape index (κ2) is 25.7. The standard InChI is InChI=1S/C61H81N13O8/c1-37-47-33-65-60(69-55(47)74(43-16-10-11-17-43)58(80)53(37)39(3)75)67-50-23-21-44(32-64-50)71-26-28-72(29-27-71)52(77)35-70(8)25-24-63-51(76)36-82-45-22-20-41-31-49(57(79)66-48-19-13-15-40-14-9-12-18-46(40)48)73(34-42(41)30-45)59(81)54(61(4,5)6)68-56(78)38(2)62-7/h9,12,14,18,20-23,30,32-33,38,43,47-49,54-55,62H,10-11,13,15-17,19,24-29,31,34-36H2,1-8H3,(H,63,76)(H,66,79)(H,68,78)(H,64,67,69)/t38-,47?,48+,49-,54+,55?/m0/s1. The Balaban J connectivity index is 0.732. The van der Waals surface area contributed by atoms with E-state index in [9.17, 15) is 33.6 Å². The van der Waals surface area contributed by atoms with E-state index in [1.807, 2.05) is 85.8 Å². The van der Waals surface area contributed by atoms with Crippen molar-refractivity contribution < 1.29 is 38.3 Å². The summed E-state index contributed by atoms with van der Waals surface area (Å²) in [5.74, 6) is -0.691. The van der Waals surface area contributed by atoms with E-state index in [-0.39, 0.29) is 90.9 Å². The lowest BCUT2D eigenvalue weighted by atomic mass is 9.83. The van der Waals surface area contributed by atoms with Crippen molar-refractivity contribution in [2.45, 2.75) is 136 Å². The fraction of sp³-hybridized carbons (Fsp3) is 0.541. The van der Waals surface area contributed by atoms with E-state index < -0.39 is 29.7 Å². The molecule has 3 aromatic rings. The Kier molecular flexibility index (Phi) is 18.5. The molecule has 5 N–H and O–H groups in total. The van der Waals surface area contributed by atoms with E-state index in [1.54, 1.807) is 37.3 Å². The molecule has 0 radical (unpaired) electrons. The minimum absolute atomic E-state index is 0.00316. The maximum Gasteiger partial charge on any atom is 0.259 e. The molecule has 2 aliphatic carbocycles. The second-order valence-electron chi connectivity index (χ2n) is 23.8. The molecule has 21 heteroatoms. The number of nitrogens with one attached hydrogen (secondary N) is 5. The summed E-state index contributed by atoms with van der Waals surface area (Å²) in [5.41, 5.74) is 5.15. The van der Waals surface area contributed by atoms with Gasteiger partial charge in [0.2, 0.25) is 29.6 Å². The Labute approximate surface area is 481 Å². The number of carbonyl (C=O) groups excluding carboxylic acids is 7. The minimum atomic E-state index is -0.928. The first-order valence-electron chi connectivity index (χ1n) is 29.1. The van der Waals surface area contributed by atoms with Crippen molar-refractivity contribution in [3.8, 4) is 5.75 Å². The van der Waals surface area contributed by atoms with Crippen LogP contribution in [0.3, 0.4) is 0 Å². The average Bonchev–Trinajstić information content (AvgIpc) is 4.06. The number of piperazine rings is 1. The minimum Gasteiger partial charge on any atom is -0.484 e. The van der Waals surface area contributed by atoms with Crippen LogP contribution in [0.5, 0.6) is 5.75 Å². The van der Waals surface area contributed by atoms with E-state index in [0.717, 1.165) is 67.3 Å². The van der Waals surface area contributed by atoms with E-state index in [2.05, 4.69) is 53.6 Å². The number of fused-ring (bicyclic) bond motifs is 3. The lowest BCUT2D eigenvalue weighted by molar-refractivity contribution is -0.147. The number of Topliss-reactive ketones (excluding diaryl/α,β-unsaturated/α-hetero) is 1. The molecule has 6 aliphatic rings. The molecule has 2 aromatic carbocycles. The first-order chi connectivity index (χ1) is 39.3. The SMILES string of the molecule is CN[C@@H](C)C(=O)N[C@H](C(=O)N1Cc2cc(OCC(=O)NCCN(C)CC(=O)N3CCN(c4ccc(NC5=NC6C(C=N5)C(C)=C(C(C)=O)C(=O)N6C5CCCC5)nc4)CC3)ccc2C[C@H]1C(=O)N[C@@H]1CCCc2ccccc21)C(C)(C)C. The second-order valence-corrected chi connectivity index (χ2v) is 23.8. The summed E-state index contributed by atoms with van der Waals surface area (Å²) in [6.45, 7) is 13.8. The summed E-state index contributed by atoms with van der Waals surface area (Å²) in [7, 11) is 3.52. The van der Waals surface area contributed by atoms with Crippen LogP contribution in [-0.2, 0) is 52.9 Å². The molecule has 21 nitrogen and oxygen atoms in total. The number of nitrogens with zero attached hydrogens (tertiary/aromatic N) is 8. The zero-order valence-corrected chi connectivity index (χ0v) is 48.8. The Hall–Kier alpha value is -7.52.